The topological polar surface area (TPSA) is 88.2 Å². The molecule has 202 valence electrons. The summed E-state index contributed by atoms with van der Waals surface area (Å²) in [7, 11) is 1.57. The van der Waals surface area contributed by atoms with Crippen LogP contribution >= 0.6 is 0 Å². The molecule has 4 fully saturated rings. The van der Waals surface area contributed by atoms with Gasteiger partial charge in [-0.15, -0.1) is 0 Å². The minimum Gasteiger partial charge on any atom is -0.377 e. The van der Waals surface area contributed by atoms with E-state index in [0.29, 0.717) is 17.9 Å². The molecule has 0 aromatic heterocycles. The van der Waals surface area contributed by atoms with Crippen molar-refractivity contribution in [1.29, 1.82) is 0 Å². The molecule has 0 radical (unpaired) electrons. The molecule has 1 saturated carbocycles. The Hall–Kier alpha value is -2.29. The van der Waals surface area contributed by atoms with E-state index in [9.17, 15) is 14.4 Å². The van der Waals surface area contributed by atoms with Gasteiger partial charge in [0.05, 0.1) is 6.54 Å². The zero-order chi connectivity index (χ0) is 26.1. The molecule has 1 aromatic rings. The average Bonchev–Trinajstić information content (AvgIpc) is 3.43. The van der Waals surface area contributed by atoms with E-state index in [1.807, 2.05) is 26.0 Å². The lowest BCUT2D eigenvalue weighted by atomic mass is 9.85. The number of ether oxygens (including phenoxy) is 2. The molecule has 4 atom stereocenters. The molecule has 1 aromatic carbocycles. The Bertz CT molecular complexity index is 984. The number of Topliss-reactive ketones (excluding diaryl/α,β-unsaturated/α-hetero) is 1. The molecular formula is C29H41N3O5. The number of piperidine rings is 1. The molecule has 8 nitrogen and oxygen atoms in total. The number of carbonyl (C=O) groups excluding carboxylic acids is 3. The molecule has 8 heteroatoms. The summed E-state index contributed by atoms with van der Waals surface area (Å²) in [6.45, 7) is 6.64. The van der Waals surface area contributed by atoms with Gasteiger partial charge in [0.15, 0.2) is 5.78 Å². The van der Waals surface area contributed by atoms with Crippen LogP contribution < -0.4 is 5.32 Å². The van der Waals surface area contributed by atoms with Crippen molar-refractivity contribution in [2.75, 3.05) is 33.4 Å². The highest BCUT2D eigenvalue weighted by Gasteiger charge is 2.53. The summed E-state index contributed by atoms with van der Waals surface area (Å²) < 4.78 is 11.1. The maximum atomic E-state index is 13.6. The van der Waals surface area contributed by atoms with Crippen LogP contribution in [0.15, 0.2) is 24.3 Å². The van der Waals surface area contributed by atoms with Gasteiger partial charge in [-0.1, -0.05) is 32.4 Å². The van der Waals surface area contributed by atoms with E-state index in [4.69, 9.17) is 9.47 Å². The number of nitrogens with one attached hydrogen (secondary N) is 1. The number of amides is 2. The second-order valence-electron chi connectivity index (χ2n) is 11.6. The summed E-state index contributed by atoms with van der Waals surface area (Å²) in [5.41, 5.74) is 1.83. The first-order valence-electron chi connectivity index (χ1n) is 14.0. The maximum absolute atomic E-state index is 13.6. The van der Waals surface area contributed by atoms with Crippen molar-refractivity contribution in [1.82, 2.24) is 15.1 Å². The number of likely N-dealkylation sites (tertiary alicyclic amines) is 2. The summed E-state index contributed by atoms with van der Waals surface area (Å²) in [4.78, 5) is 43.5. The number of hydrogen-bond acceptors (Lipinski definition) is 6. The molecular weight excluding hydrogens is 470 g/mol. The van der Waals surface area contributed by atoms with Gasteiger partial charge in [-0.2, -0.15) is 0 Å². The Morgan fingerprint density at radius 3 is 2.41 bits per heavy atom. The Morgan fingerprint density at radius 1 is 1.11 bits per heavy atom. The minimum absolute atomic E-state index is 0.00780. The monoisotopic (exact) mass is 511 g/mol. The number of nitrogens with zero attached hydrogens (tertiary/aromatic N) is 2. The largest absolute Gasteiger partial charge is 0.377 e. The van der Waals surface area contributed by atoms with Gasteiger partial charge in [0.1, 0.15) is 30.9 Å². The Labute approximate surface area is 220 Å². The van der Waals surface area contributed by atoms with Crippen LogP contribution in [0.3, 0.4) is 0 Å². The van der Waals surface area contributed by atoms with Crippen LogP contribution in [0, 0.1) is 5.92 Å². The van der Waals surface area contributed by atoms with Crippen molar-refractivity contribution in [2.45, 2.75) is 88.6 Å². The van der Waals surface area contributed by atoms with E-state index in [1.165, 1.54) is 24.8 Å². The van der Waals surface area contributed by atoms with Crippen LogP contribution in [0.25, 0.3) is 0 Å². The fraction of sp³-hybridized carbons (Fsp3) is 0.690. The van der Waals surface area contributed by atoms with Gasteiger partial charge in [-0.3, -0.25) is 14.4 Å². The van der Waals surface area contributed by atoms with Crippen LogP contribution in [-0.2, 0) is 19.1 Å². The van der Waals surface area contributed by atoms with Crippen LogP contribution in [0.4, 0.5) is 0 Å². The normalized spacial score (nSPS) is 27.8. The first kappa shape index (κ1) is 26.3. The molecule has 1 aliphatic carbocycles. The molecule has 2 amide bonds. The second-order valence-corrected chi connectivity index (χ2v) is 11.6. The molecule has 0 spiro atoms. The minimum atomic E-state index is -0.715. The standard InChI is InChI=1S/C29H41N3O5/c1-18(2)15-23(29(35)32-16-25(36-3)27-26(32)24(33)17-37-27)30-28(34)21-9-7-19(8-10-21)20-11-13-31(14-12-20)22-5-4-6-22/h7-10,18,20,22-23,25-27H,4-6,11-17H2,1-3H3,(H,30,34)/t23?,25-,26-,27-/m1/s1. The van der Waals surface area contributed by atoms with Crippen molar-refractivity contribution in [2.24, 2.45) is 5.92 Å². The van der Waals surface area contributed by atoms with Crippen molar-refractivity contribution in [3.63, 3.8) is 0 Å². The quantitative estimate of drug-likeness (QED) is 0.578. The maximum Gasteiger partial charge on any atom is 0.251 e. The number of ketones is 1. The molecule has 1 N–H and O–H groups in total. The van der Waals surface area contributed by atoms with Gasteiger partial charge >= 0.3 is 0 Å². The third-order valence-electron chi connectivity index (χ3n) is 8.80. The first-order valence-corrected chi connectivity index (χ1v) is 14.0. The summed E-state index contributed by atoms with van der Waals surface area (Å²) in [6, 6.07) is 7.34. The van der Waals surface area contributed by atoms with Crippen LogP contribution in [0.5, 0.6) is 0 Å². The fourth-order valence-electron chi connectivity index (χ4n) is 6.44. The van der Waals surface area contributed by atoms with E-state index in [2.05, 4.69) is 22.3 Å². The highest BCUT2D eigenvalue weighted by Crippen LogP contribution is 2.33. The van der Waals surface area contributed by atoms with Gasteiger partial charge in [0.25, 0.3) is 5.91 Å². The molecule has 5 rings (SSSR count). The van der Waals surface area contributed by atoms with E-state index in [1.54, 1.807) is 12.0 Å². The van der Waals surface area contributed by atoms with Gasteiger partial charge in [-0.05, 0) is 74.7 Å². The molecule has 3 aliphatic heterocycles. The van der Waals surface area contributed by atoms with Crippen molar-refractivity contribution in [3.05, 3.63) is 35.4 Å². The van der Waals surface area contributed by atoms with Crippen molar-refractivity contribution < 1.29 is 23.9 Å². The van der Waals surface area contributed by atoms with E-state index < -0.39 is 18.2 Å². The first-order chi connectivity index (χ1) is 17.9. The van der Waals surface area contributed by atoms with Gasteiger partial charge in [-0.25, -0.2) is 0 Å². The SMILES string of the molecule is CO[C@@H]1CN(C(=O)C(CC(C)C)NC(=O)c2ccc(C3CCN(C4CCC4)CC3)cc2)[C@@H]2C(=O)CO[C@@H]21. The smallest absolute Gasteiger partial charge is 0.251 e. The predicted octanol–water partition coefficient (Wildman–Crippen LogP) is 2.76. The number of fused-ring (bicyclic) bond motifs is 1. The van der Waals surface area contributed by atoms with Gasteiger partial charge in [0.2, 0.25) is 5.91 Å². The second kappa shape index (κ2) is 11.2. The molecule has 37 heavy (non-hydrogen) atoms. The zero-order valence-electron chi connectivity index (χ0n) is 22.4. The van der Waals surface area contributed by atoms with Crippen molar-refractivity contribution >= 4 is 17.6 Å². The molecule has 1 unspecified atom stereocenters. The summed E-state index contributed by atoms with van der Waals surface area (Å²) >= 11 is 0. The summed E-state index contributed by atoms with van der Waals surface area (Å²) in [5.74, 6) is 0.103. The number of carbonyl (C=O) groups is 3. The molecule has 3 saturated heterocycles. The average molecular weight is 512 g/mol. The van der Waals surface area contributed by atoms with Crippen LogP contribution in [-0.4, -0.2) is 91.1 Å². The Morgan fingerprint density at radius 2 is 1.81 bits per heavy atom. The molecule has 3 heterocycles. The van der Waals surface area contributed by atoms with E-state index >= 15 is 0 Å². The number of rotatable bonds is 8. The fourth-order valence-corrected chi connectivity index (χ4v) is 6.44. The molecule has 4 aliphatic rings. The number of hydrogen-bond donors (Lipinski definition) is 1. The third kappa shape index (κ3) is 5.47. The summed E-state index contributed by atoms with van der Waals surface area (Å²) in [5, 5.41) is 2.97. The van der Waals surface area contributed by atoms with Gasteiger partial charge < -0.3 is 24.6 Å². The Kier molecular flexibility index (Phi) is 7.98. The van der Waals surface area contributed by atoms with Crippen LogP contribution in [0.2, 0.25) is 0 Å². The van der Waals surface area contributed by atoms with Crippen LogP contribution in [0.1, 0.15) is 74.2 Å². The molecule has 0 bridgehead atoms. The highest BCUT2D eigenvalue weighted by molar-refractivity contribution is 5.99. The van der Waals surface area contributed by atoms with Gasteiger partial charge in [0, 0.05) is 18.7 Å². The highest BCUT2D eigenvalue weighted by atomic mass is 16.5. The lowest BCUT2D eigenvalue weighted by molar-refractivity contribution is -0.138. The number of benzene rings is 1. The van der Waals surface area contributed by atoms with E-state index in [-0.39, 0.29) is 42.8 Å². The third-order valence-corrected chi connectivity index (χ3v) is 8.80. The zero-order valence-corrected chi connectivity index (χ0v) is 22.4. The van der Waals surface area contributed by atoms with Crippen molar-refractivity contribution in [3.8, 4) is 0 Å². The lowest BCUT2D eigenvalue weighted by Crippen LogP contribution is -2.52. The summed E-state index contributed by atoms with van der Waals surface area (Å²) in [6.07, 6.45) is 6.11. The number of methoxy groups -OCH3 is 1. The predicted molar refractivity (Wildman–Crippen MR) is 139 cm³/mol. The lowest BCUT2D eigenvalue weighted by Gasteiger charge is -2.42. The van der Waals surface area contributed by atoms with E-state index in [0.717, 1.165) is 32.0 Å². The Balaban J connectivity index is 1.22.